The smallest absolute Gasteiger partial charge is 0.253 e. The minimum atomic E-state index is -0.159. The summed E-state index contributed by atoms with van der Waals surface area (Å²) < 4.78 is 0. The van der Waals surface area contributed by atoms with Gasteiger partial charge in [0.05, 0.1) is 10.6 Å². The Labute approximate surface area is 123 Å². The molecule has 0 spiro atoms. The van der Waals surface area contributed by atoms with Gasteiger partial charge in [-0.2, -0.15) is 11.8 Å². The number of hydrogen-bond donors (Lipinski definition) is 2. The number of pyridine rings is 1. The van der Waals surface area contributed by atoms with E-state index in [-0.39, 0.29) is 5.91 Å². The second-order valence-corrected chi connectivity index (χ2v) is 5.92. The molecule has 0 aliphatic rings. The molecule has 0 saturated carbocycles. The van der Waals surface area contributed by atoms with Crippen LogP contribution < -0.4 is 10.6 Å². The normalized spacial score (nSPS) is 12.0. The Morgan fingerprint density at radius 2 is 2.32 bits per heavy atom. The highest BCUT2D eigenvalue weighted by Gasteiger charge is 2.12. The fourth-order valence-corrected chi connectivity index (χ4v) is 1.82. The molecule has 2 N–H and O–H groups in total. The molecule has 4 nitrogen and oxygen atoms in total. The van der Waals surface area contributed by atoms with Gasteiger partial charge in [0.15, 0.2) is 0 Å². The summed E-state index contributed by atoms with van der Waals surface area (Å²) in [6, 6.07) is 1.69. The fraction of sp³-hybridized carbons (Fsp3) is 0.538. The number of halogens is 1. The zero-order valence-corrected chi connectivity index (χ0v) is 13.1. The molecule has 0 radical (unpaired) electrons. The third-order valence-electron chi connectivity index (χ3n) is 2.61. The third kappa shape index (κ3) is 5.28. The third-order valence-corrected chi connectivity index (χ3v) is 3.88. The zero-order valence-electron chi connectivity index (χ0n) is 11.5. The summed E-state index contributed by atoms with van der Waals surface area (Å²) in [6.45, 7) is 5.57. The van der Waals surface area contributed by atoms with Crippen molar-refractivity contribution in [3.63, 3.8) is 0 Å². The second kappa shape index (κ2) is 8.27. The lowest BCUT2D eigenvalue weighted by molar-refractivity contribution is 0.0954. The number of nitrogens with zero attached hydrogens (tertiary/aromatic N) is 1. The number of amides is 1. The van der Waals surface area contributed by atoms with Crippen molar-refractivity contribution in [2.24, 2.45) is 0 Å². The van der Waals surface area contributed by atoms with Crippen LogP contribution in [0.5, 0.6) is 0 Å². The highest BCUT2D eigenvalue weighted by atomic mass is 35.5. The number of carbonyl (C=O) groups is 1. The summed E-state index contributed by atoms with van der Waals surface area (Å²) >= 11 is 7.73. The van der Waals surface area contributed by atoms with Gasteiger partial charge in [0, 0.05) is 24.5 Å². The van der Waals surface area contributed by atoms with Crippen molar-refractivity contribution in [1.82, 2.24) is 10.3 Å². The molecule has 0 aromatic carbocycles. The highest BCUT2D eigenvalue weighted by molar-refractivity contribution is 7.99. The molecular formula is C13H20ClN3OS. The molecule has 1 rings (SSSR count). The molecule has 6 heteroatoms. The zero-order chi connectivity index (χ0) is 14.3. The lowest BCUT2D eigenvalue weighted by Crippen LogP contribution is -2.29. The largest absolute Gasteiger partial charge is 0.370 e. The molecule has 0 bridgehead atoms. The Balaban J connectivity index is 2.72. The van der Waals surface area contributed by atoms with E-state index in [1.54, 1.807) is 17.8 Å². The SMILES string of the molecule is CCCNc1cc(C(=O)NCC(C)SC)c(Cl)cn1. The molecule has 106 valence electrons. The minimum Gasteiger partial charge on any atom is -0.370 e. The number of hydrogen-bond acceptors (Lipinski definition) is 4. The van der Waals surface area contributed by atoms with E-state index in [4.69, 9.17) is 11.6 Å². The lowest BCUT2D eigenvalue weighted by Gasteiger charge is -2.11. The molecule has 1 unspecified atom stereocenters. The molecule has 0 fully saturated rings. The Hall–Kier alpha value is -0.940. The van der Waals surface area contributed by atoms with Crippen LogP contribution >= 0.6 is 23.4 Å². The van der Waals surface area contributed by atoms with Crippen molar-refractivity contribution in [3.8, 4) is 0 Å². The van der Waals surface area contributed by atoms with E-state index in [1.807, 2.05) is 6.26 Å². The maximum absolute atomic E-state index is 12.1. The van der Waals surface area contributed by atoms with Gasteiger partial charge in [-0.15, -0.1) is 0 Å². The predicted octanol–water partition coefficient (Wildman–Crippen LogP) is 3.04. The van der Waals surface area contributed by atoms with Gasteiger partial charge >= 0.3 is 0 Å². The quantitative estimate of drug-likeness (QED) is 0.813. The van der Waals surface area contributed by atoms with Crippen molar-refractivity contribution in [1.29, 1.82) is 0 Å². The van der Waals surface area contributed by atoms with E-state index >= 15 is 0 Å². The average Bonchev–Trinajstić information content (AvgIpc) is 2.43. The van der Waals surface area contributed by atoms with Gasteiger partial charge in [0.1, 0.15) is 5.82 Å². The maximum atomic E-state index is 12.1. The monoisotopic (exact) mass is 301 g/mol. The van der Waals surface area contributed by atoms with Gasteiger partial charge in [0.2, 0.25) is 0 Å². The number of nitrogens with one attached hydrogen (secondary N) is 2. The van der Waals surface area contributed by atoms with E-state index in [2.05, 4.69) is 29.5 Å². The van der Waals surface area contributed by atoms with Crippen molar-refractivity contribution in [2.75, 3.05) is 24.7 Å². The molecule has 1 aromatic rings. The first-order valence-electron chi connectivity index (χ1n) is 6.28. The van der Waals surface area contributed by atoms with Crippen LogP contribution in [0, 0.1) is 0 Å². The lowest BCUT2D eigenvalue weighted by atomic mass is 10.2. The molecule has 0 aliphatic carbocycles. The molecule has 1 atom stereocenters. The van der Waals surface area contributed by atoms with Gasteiger partial charge in [-0.3, -0.25) is 4.79 Å². The minimum absolute atomic E-state index is 0.159. The summed E-state index contributed by atoms with van der Waals surface area (Å²) in [7, 11) is 0. The molecule has 19 heavy (non-hydrogen) atoms. The van der Waals surface area contributed by atoms with Gasteiger partial charge in [-0.1, -0.05) is 25.4 Å². The number of aromatic nitrogens is 1. The van der Waals surface area contributed by atoms with Crippen LogP contribution in [0.15, 0.2) is 12.3 Å². The molecule has 0 aliphatic heterocycles. The van der Waals surface area contributed by atoms with Crippen LogP contribution in [0.1, 0.15) is 30.6 Å². The number of carbonyl (C=O) groups excluding carboxylic acids is 1. The Kier molecular flexibility index (Phi) is 7.02. The van der Waals surface area contributed by atoms with Crippen molar-refractivity contribution < 1.29 is 4.79 Å². The summed E-state index contributed by atoms with van der Waals surface area (Å²) in [5, 5.41) is 6.76. The molecule has 1 heterocycles. The first-order chi connectivity index (χ1) is 9.08. The predicted molar refractivity (Wildman–Crippen MR) is 83.3 cm³/mol. The van der Waals surface area contributed by atoms with E-state index in [9.17, 15) is 4.79 Å². The maximum Gasteiger partial charge on any atom is 0.253 e. The van der Waals surface area contributed by atoms with Gasteiger partial charge < -0.3 is 10.6 Å². The number of thioether (sulfide) groups is 1. The number of anilines is 1. The van der Waals surface area contributed by atoms with Crippen LogP contribution in [0.3, 0.4) is 0 Å². The van der Waals surface area contributed by atoms with Crippen LogP contribution in [-0.4, -0.2) is 35.5 Å². The molecule has 0 saturated heterocycles. The van der Waals surface area contributed by atoms with E-state index < -0.39 is 0 Å². The standard InChI is InChI=1S/C13H20ClN3OS/c1-4-5-15-12-6-10(11(14)8-16-12)13(18)17-7-9(2)19-3/h6,8-9H,4-5,7H2,1-3H3,(H,15,16)(H,17,18). The summed E-state index contributed by atoms with van der Waals surface area (Å²) in [5.41, 5.74) is 0.462. The topological polar surface area (TPSA) is 54.0 Å². The first-order valence-corrected chi connectivity index (χ1v) is 7.95. The van der Waals surface area contributed by atoms with Crippen molar-refractivity contribution >= 4 is 35.1 Å². The van der Waals surface area contributed by atoms with E-state index in [0.717, 1.165) is 13.0 Å². The number of rotatable bonds is 7. The Bertz CT molecular complexity index is 428. The van der Waals surface area contributed by atoms with Crippen LogP contribution in [0.4, 0.5) is 5.82 Å². The van der Waals surface area contributed by atoms with Gasteiger partial charge in [-0.05, 0) is 18.7 Å². The second-order valence-electron chi connectivity index (χ2n) is 4.23. The molecule has 1 aromatic heterocycles. The van der Waals surface area contributed by atoms with E-state index in [1.165, 1.54) is 6.20 Å². The summed E-state index contributed by atoms with van der Waals surface area (Å²) in [6.07, 6.45) is 4.52. The Morgan fingerprint density at radius 3 is 2.95 bits per heavy atom. The average molecular weight is 302 g/mol. The summed E-state index contributed by atoms with van der Waals surface area (Å²) in [4.78, 5) is 16.2. The van der Waals surface area contributed by atoms with Gasteiger partial charge in [0.25, 0.3) is 5.91 Å². The van der Waals surface area contributed by atoms with Crippen LogP contribution in [0.2, 0.25) is 5.02 Å². The fourth-order valence-electron chi connectivity index (χ4n) is 1.38. The Morgan fingerprint density at radius 1 is 1.58 bits per heavy atom. The van der Waals surface area contributed by atoms with Crippen LogP contribution in [-0.2, 0) is 0 Å². The van der Waals surface area contributed by atoms with E-state index in [0.29, 0.717) is 28.2 Å². The van der Waals surface area contributed by atoms with Gasteiger partial charge in [-0.25, -0.2) is 4.98 Å². The molecular weight excluding hydrogens is 282 g/mol. The van der Waals surface area contributed by atoms with Crippen LogP contribution in [0.25, 0.3) is 0 Å². The molecule has 1 amide bonds. The highest BCUT2D eigenvalue weighted by Crippen LogP contribution is 2.18. The van der Waals surface area contributed by atoms with Crippen molar-refractivity contribution in [3.05, 3.63) is 22.8 Å². The van der Waals surface area contributed by atoms with Crippen molar-refractivity contribution in [2.45, 2.75) is 25.5 Å². The first kappa shape index (κ1) is 16.1. The summed E-state index contributed by atoms with van der Waals surface area (Å²) in [5.74, 6) is 0.516.